The minimum Gasteiger partial charge on any atom is -0.352 e. The number of hydrogen-bond acceptors (Lipinski definition) is 3. The minimum atomic E-state index is -0.406. The number of hydrogen-bond donors (Lipinski definition) is 2. The normalized spacial score (nSPS) is 17.1. The Hall–Kier alpha value is -1.07. The Morgan fingerprint density at radius 1 is 1.45 bits per heavy atom. The number of carbonyl (C=O) groups is 1. The molecule has 0 aliphatic carbocycles. The molecule has 0 atom stereocenters. The summed E-state index contributed by atoms with van der Waals surface area (Å²) in [6, 6.07) is 4.22. The van der Waals surface area contributed by atoms with Gasteiger partial charge in [-0.25, -0.2) is 4.39 Å². The van der Waals surface area contributed by atoms with Gasteiger partial charge in [0.05, 0.1) is 0 Å². The number of rotatable bonds is 4. The molecule has 1 aliphatic heterocycles. The summed E-state index contributed by atoms with van der Waals surface area (Å²) in [6.45, 7) is 2.95. The summed E-state index contributed by atoms with van der Waals surface area (Å²) in [5.74, 6) is 0.129. The molecule has 1 fully saturated rings. The lowest BCUT2D eigenvalue weighted by Gasteiger charge is -2.28. The van der Waals surface area contributed by atoms with Gasteiger partial charge in [0.2, 0.25) is 0 Å². The van der Waals surface area contributed by atoms with Crippen LogP contribution in [0.5, 0.6) is 0 Å². The lowest BCUT2D eigenvalue weighted by Crippen LogP contribution is -2.32. The zero-order valence-electron chi connectivity index (χ0n) is 11.7. The molecule has 1 N–H and O–H groups in total. The number of likely N-dealkylation sites (tertiary alicyclic amines) is 1. The minimum absolute atomic E-state index is 0.159. The zero-order chi connectivity index (χ0) is 14.5. The SMILES string of the molecule is CN1CCC(CCNC(=O)c2ccc(F)c(S)c2)CC1. The second kappa shape index (κ2) is 7.09. The van der Waals surface area contributed by atoms with Crippen molar-refractivity contribution in [1.29, 1.82) is 0 Å². The number of nitrogens with one attached hydrogen (secondary N) is 1. The van der Waals surface area contributed by atoms with Gasteiger partial charge in [0, 0.05) is 17.0 Å². The third-order valence-corrected chi connectivity index (χ3v) is 4.23. The topological polar surface area (TPSA) is 32.3 Å². The largest absolute Gasteiger partial charge is 0.352 e. The molecule has 1 saturated heterocycles. The van der Waals surface area contributed by atoms with E-state index < -0.39 is 5.82 Å². The number of benzene rings is 1. The summed E-state index contributed by atoms with van der Waals surface area (Å²) >= 11 is 3.98. The first kappa shape index (κ1) is 15.3. The average molecular weight is 296 g/mol. The third kappa shape index (κ3) is 4.21. The van der Waals surface area contributed by atoms with Gasteiger partial charge in [-0.3, -0.25) is 4.79 Å². The fourth-order valence-corrected chi connectivity index (χ4v) is 2.71. The van der Waals surface area contributed by atoms with Gasteiger partial charge in [0.15, 0.2) is 0 Å². The molecule has 0 spiro atoms. The average Bonchev–Trinajstić information content (AvgIpc) is 2.44. The van der Waals surface area contributed by atoms with E-state index in [-0.39, 0.29) is 10.8 Å². The van der Waals surface area contributed by atoms with E-state index >= 15 is 0 Å². The highest BCUT2D eigenvalue weighted by Gasteiger charge is 2.16. The molecule has 1 amide bonds. The second-order valence-electron chi connectivity index (χ2n) is 5.46. The Morgan fingerprint density at radius 2 is 2.15 bits per heavy atom. The van der Waals surface area contributed by atoms with E-state index in [9.17, 15) is 9.18 Å². The quantitative estimate of drug-likeness (QED) is 0.837. The fourth-order valence-electron chi connectivity index (χ4n) is 2.50. The predicted octanol–water partition coefficient (Wildman–Crippen LogP) is 2.58. The first-order chi connectivity index (χ1) is 9.56. The van der Waals surface area contributed by atoms with Gasteiger partial charge in [-0.05, 0) is 63.5 Å². The molecule has 3 nitrogen and oxygen atoms in total. The fraction of sp³-hybridized carbons (Fsp3) is 0.533. The molecule has 2 rings (SSSR count). The summed E-state index contributed by atoms with van der Waals surface area (Å²) < 4.78 is 13.1. The maximum atomic E-state index is 13.1. The second-order valence-corrected chi connectivity index (χ2v) is 5.94. The van der Waals surface area contributed by atoms with E-state index in [0.29, 0.717) is 18.0 Å². The number of piperidine rings is 1. The van der Waals surface area contributed by atoms with Crippen LogP contribution in [0.2, 0.25) is 0 Å². The molecule has 5 heteroatoms. The molecule has 20 heavy (non-hydrogen) atoms. The molecular weight excluding hydrogens is 275 g/mol. The molecule has 0 aromatic heterocycles. The number of amides is 1. The van der Waals surface area contributed by atoms with Gasteiger partial charge < -0.3 is 10.2 Å². The van der Waals surface area contributed by atoms with E-state index in [1.54, 1.807) is 0 Å². The van der Waals surface area contributed by atoms with E-state index in [1.165, 1.54) is 31.0 Å². The van der Waals surface area contributed by atoms with Crippen molar-refractivity contribution in [2.24, 2.45) is 5.92 Å². The highest BCUT2D eigenvalue weighted by atomic mass is 32.1. The molecule has 0 saturated carbocycles. The number of nitrogens with zero attached hydrogens (tertiary/aromatic N) is 1. The Balaban J connectivity index is 1.76. The van der Waals surface area contributed by atoms with Crippen molar-refractivity contribution in [2.75, 3.05) is 26.7 Å². The number of carbonyl (C=O) groups excluding carboxylic acids is 1. The van der Waals surface area contributed by atoms with Gasteiger partial charge >= 0.3 is 0 Å². The van der Waals surface area contributed by atoms with Crippen molar-refractivity contribution < 1.29 is 9.18 Å². The monoisotopic (exact) mass is 296 g/mol. The number of halogens is 1. The van der Waals surface area contributed by atoms with Gasteiger partial charge in [-0.1, -0.05) is 0 Å². The van der Waals surface area contributed by atoms with Crippen molar-refractivity contribution in [3.05, 3.63) is 29.6 Å². The first-order valence-electron chi connectivity index (χ1n) is 7.01. The standard InChI is InChI=1S/C15H21FN2OS/c1-18-8-5-11(6-9-18)4-7-17-15(19)12-2-3-13(16)14(20)10-12/h2-3,10-11,20H,4-9H2,1H3,(H,17,19). The summed E-state index contributed by atoms with van der Waals surface area (Å²) in [7, 11) is 2.14. The summed E-state index contributed by atoms with van der Waals surface area (Å²) in [5, 5.41) is 2.90. The van der Waals surface area contributed by atoms with Crippen LogP contribution in [0.3, 0.4) is 0 Å². The van der Waals surface area contributed by atoms with E-state index in [0.717, 1.165) is 19.5 Å². The molecule has 0 radical (unpaired) electrons. The molecule has 1 aromatic carbocycles. The Kier molecular flexibility index (Phi) is 5.43. The maximum absolute atomic E-state index is 13.1. The predicted molar refractivity (Wildman–Crippen MR) is 80.8 cm³/mol. The van der Waals surface area contributed by atoms with Crippen LogP contribution in [0.1, 0.15) is 29.6 Å². The Bertz CT molecular complexity index is 473. The van der Waals surface area contributed by atoms with Crippen LogP contribution in [0.4, 0.5) is 4.39 Å². The van der Waals surface area contributed by atoms with Crippen LogP contribution in [0.25, 0.3) is 0 Å². The summed E-state index contributed by atoms with van der Waals surface area (Å²) in [4.78, 5) is 14.5. The third-order valence-electron chi connectivity index (χ3n) is 3.88. The van der Waals surface area contributed by atoms with Crippen LogP contribution < -0.4 is 5.32 Å². The van der Waals surface area contributed by atoms with E-state index in [1.807, 2.05) is 0 Å². The van der Waals surface area contributed by atoms with Crippen molar-refractivity contribution in [2.45, 2.75) is 24.2 Å². The smallest absolute Gasteiger partial charge is 0.251 e. The van der Waals surface area contributed by atoms with Crippen LogP contribution in [0, 0.1) is 11.7 Å². The Labute approximate surface area is 125 Å². The van der Waals surface area contributed by atoms with Crippen LogP contribution in [0.15, 0.2) is 23.1 Å². The highest BCUT2D eigenvalue weighted by molar-refractivity contribution is 7.80. The van der Waals surface area contributed by atoms with Crippen LogP contribution >= 0.6 is 12.6 Å². The molecule has 1 heterocycles. The van der Waals surface area contributed by atoms with E-state index in [2.05, 4.69) is 29.9 Å². The molecule has 110 valence electrons. The molecule has 1 aliphatic rings. The zero-order valence-corrected chi connectivity index (χ0v) is 12.6. The Morgan fingerprint density at radius 3 is 2.80 bits per heavy atom. The van der Waals surface area contributed by atoms with Crippen LogP contribution in [-0.2, 0) is 0 Å². The summed E-state index contributed by atoms with van der Waals surface area (Å²) in [5.41, 5.74) is 0.458. The number of thiol groups is 1. The maximum Gasteiger partial charge on any atom is 0.251 e. The molecular formula is C15H21FN2OS. The molecule has 1 aromatic rings. The van der Waals surface area contributed by atoms with Crippen molar-refractivity contribution >= 4 is 18.5 Å². The van der Waals surface area contributed by atoms with Crippen molar-refractivity contribution in [1.82, 2.24) is 10.2 Å². The van der Waals surface area contributed by atoms with E-state index in [4.69, 9.17) is 0 Å². The summed E-state index contributed by atoms with van der Waals surface area (Å²) in [6.07, 6.45) is 3.40. The molecule has 0 bridgehead atoms. The lowest BCUT2D eigenvalue weighted by molar-refractivity contribution is 0.0948. The van der Waals surface area contributed by atoms with Gasteiger partial charge in [0.1, 0.15) is 5.82 Å². The first-order valence-corrected chi connectivity index (χ1v) is 7.46. The molecule has 0 unspecified atom stereocenters. The van der Waals surface area contributed by atoms with Crippen molar-refractivity contribution in [3.8, 4) is 0 Å². The van der Waals surface area contributed by atoms with Gasteiger partial charge in [-0.2, -0.15) is 0 Å². The van der Waals surface area contributed by atoms with Gasteiger partial charge in [0.25, 0.3) is 5.91 Å². The lowest BCUT2D eigenvalue weighted by atomic mass is 9.94. The van der Waals surface area contributed by atoms with Crippen LogP contribution in [-0.4, -0.2) is 37.5 Å². The van der Waals surface area contributed by atoms with Crippen molar-refractivity contribution in [3.63, 3.8) is 0 Å². The highest BCUT2D eigenvalue weighted by Crippen LogP contribution is 2.19. The van der Waals surface area contributed by atoms with Gasteiger partial charge in [-0.15, -0.1) is 12.6 Å².